The van der Waals surface area contributed by atoms with Crippen molar-refractivity contribution in [3.63, 3.8) is 0 Å². The Morgan fingerprint density at radius 1 is 1.47 bits per heavy atom. The fourth-order valence-corrected chi connectivity index (χ4v) is 2.49. The summed E-state index contributed by atoms with van der Waals surface area (Å²) in [6.45, 7) is 5.16. The zero-order valence-corrected chi connectivity index (χ0v) is 11.0. The van der Waals surface area contributed by atoms with Crippen LogP contribution >= 0.6 is 11.6 Å². The number of anilines is 1. The van der Waals surface area contributed by atoms with Crippen LogP contribution in [0.1, 0.15) is 24.2 Å². The fraction of sp³-hybridized carbons (Fsp3) is 0.462. The summed E-state index contributed by atoms with van der Waals surface area (Å²) >= 11 is 6.08. The highest BCUT2D eigenvalue weighted by Crippen LogP contribution is 2.35. The summed E-state index contributed by atoms with van der Waals surface area (Å²) in [6.07, 6.45) is 0. The summed E-state index contributed by atoms with van der Waals surface area (Å²) in [6, 6.07) is 5.54. The van der Waals surface area contributed by atoms with E-state index in [4.69, 9.17) is 16.3 Å². The predicted octanol–water partition coefficient (Wildman–Crippen LogP) is 2.77. The van der Waals surface area contributed by atoms with Crippen LogP contribution in [0.25, 0.3) is 0 Å². The van der Waals surface area contributed by atoms with E-state index in [9.17, 15) is 4.79 Å². The molecule has 0 atom stereocenters. The van der Waals surface area contributed by atoms with Gasteiger partial charge in [-0.25, -0.2) is 0 Å². The Morgan fingerprint density at radius 3 is 2.65 bits per heavy atom. The third kappa shape index (κ3) is 2.17. The summed E-state index contributed by atoms with van der Waals surface area (Å²) in [5, 5.41) is 0.515. The van der Waals surface area contributed by atoms with Crippen LogP contribution in [-0.4, -0.2) is 31.6 Å². The van der Waals surface area contributed by atoms with Crippen LogP contribution in [0, 0.1) is 0 Å². The van der Waals surface area contributed by atoms with Crippen molar-refractivity contribution >= 4 is 23.1 Å². The molecule has 0 spiro atoms. The summed E-state index contributed by atoms with van der Waals surface area (Å²) < 4.78 is 5.40. The van der Waals surface area contributed by atoms with Gasteiger partial charge in [-0.1, -0.05) is 17.7 Å². The van der Waals surface area contributed by atoms with Crippen molar-refractivity contribution in [2.75, 3.05) is 25.1 Å². The van der Waals surface area contributed by atoms with Gasteiger partial charge < -0.3 is 9.64 Å². The van der Waals surface area contributed by atoms with Gasteiger partial charge in [0, 0.05) is 25.9 Å². The van der Waals surface area contributed by atoms with Crippen LogP contribution in [0.4, 0.5) is 5.69 Å². The van der Waals surface area contributed by atoms with Gasteiger partial charge in [-0.2, -0.15) is 0 Å². The average Bonchev–Trinajstić information content (AvgIpc) is 2.24. The molecular formula is C13H16ClNO2. The average molecular weight is 254 g/mol. The fourth-order valence-electron chi connectivity index (χ4n) is 2.19. The van der Waals surface area contributed by atoms with Crippen molar-refractivity contribution in [3.8, 4) is 0 Å². The first kappa shape index (κ1) is 12.4. The molecule has 0 bridgehead atoms. The van der Waals surface area contributed by atoms with E-state index < -0.39 is 0 Å². The minimum absolute atomic E-state index is 0.00313. The minimum atomic E-state index is -0.115. The molecule has 92 valence electrons. The van der Waals surface area contributed by atoms with Crippen molar-refractivity contribution < 1.29 is 9.53 Å². The Bertz CT molecular complexity index is 453. The molecule has 0 N–H and O–H groups in total. The number of carbonyl (C=O) groups is 1. The molecule has 1 fully saturated rings. The molecule has 0 aliphatic carbocycles. The first-order valence-corrected chi connectivity index (χ1v) is 5.94. The number of methoxy groups -OCH3 is 1. The standard InChI is InChI=1S/C13H16ClNO2/c1-9(16)12-10(14)5-4-6-11(12)15-7-13(2,8-15)17-3/h4-6H,7-8H2,1-3H3. The molecule has 0 amide bonds. The highest BCUT2D eigenvalue weighted by molar-refractivity contribution is 6.34. The predicted molar refractivity (Wildman–Crippen MR) is 69.1 cm³/mol. The van der Waals surface area contributed by atoms with Crippen molar-refractivity contribution in [3.05, 3.63) is 28.8 Å². The van der Waals surface area contributed by atoms with Crippen molar-refractivity contribution in [1.29, 1.82) is 0 Å². The van der Waals surface area contributed by atoms with Crippen LogP contribution in [0.5, 0.6) is 0 Å². The van der Waals surface area contributed by atoms with Gasteiger partial charge in [0.1, 0.15) is 0 Å². The molecule has 1 aliphatic heterocycles. The van der Waals surface area contributed by atoms with Crippen LogP contribution in [0.15, 0.2) is 18.2 Å². The lowest BCUT2D eigenvalue weighted by Gasteiger charge is -2.48. The van der Waals surface area contributed by atoms with Gasteiger partial charge in [-0.05, 0) is 26.0 Å². The zero-order chi connectivity index (χ0) is 12.6. The molecule has 1 aromatic rings. The van der Waals surface area contributed by atoms with E-state index in [1.807, 2.05) is 12.1 Å². The lowest BCUT2D eigenvalue weighted by atomic mass is 9.94. The minimum Gasteiger partial charge on any atom is -0.375 e. The summed E-state index contributed by atoms with van der Waals surface area (Å²) in [7, 11) is 1.71. The van der Waals surface area contributed by atoms with Crippen molar-refractivity contribution in [2.45, 2.75) is 19.4 Å². The summed E-state index contributed by atoms with van der Waals surface area (Å²) in [5.74, 6) is -0.00313. The number of ketones is 1. The molecular weight excluding hydrogens is 238 g/mol. The highest BCUT2D eigenvalue weighted by Gasteiger charge is 2.40. The van der Waals surface area contributed by atoms with E-state index >= 15 is 0 Å². The second-order valence-corrected chi connectivity index (χ2v) is 5.11. The number of rotatable bonds is 3. The van der Waals surface area contributed by atoms with Gasteiger partial charge in [0.05, 0.1) is 16.2 Å². The number of halogens is 1. The summed E-state index contributed by atoms with van der Waals surface area (Å²) in [4.78, 5) is 13.7. The number of carbonyl (C=O) groups excluding carboxylic acids is 1. The third-order valence-corrected chi connectivity index (χ3v) is 3.54. The van der Waals surface area contributed by atoms with Crippen molar-refractivity contribution in [1.82, 2.24) is 0 Å². The van der Waals surface area contributed by atoms with E-state index in [0.717, 1.165) is 18.8 Å². The zero-order valence-electron chi connectivity index (χ0n) is 10.3. The first-order valence-electron chi connectivity index (χ1n) is 5.56. The second-order valence-electron chi connectivity index (χ2n) is 4.70. The lowest BCUT2D eigenvalue weighted by Crippen LogP contribution is -2.61. The van der Waals surface area contributed by atoms with E-state index in [0.29, 0.717) is 10.6 Å². The molecule has 1 aromatic carbocycles. The highest BCUT2D eigenvalue weighted by atomic mass is 35.5. The topological polar surface area (TPSA) is 29.5 Å². The van der Waals surface area contributed by atoms with E-state index in [2.05, 4.69) is 11.8 Å². The number of nitrogens with zero attached hydrogens (tertiary/aromatic N) is 1. The molecule has 0 aromatic heterocycles. The summed E-state index contributed by atoms with van der Waals surface area (Å²) in [5.41, 5.74) is 1.39. The molecule has 1 saturated heterocycles. The Balaban J connectivity index is 2.29. The maximum atomic E-state index is 11.6. The monoisotopic (exact) mass is 253 g/mol. The molecule has 4 heteroatoms. The number of hydrogen-bond acceptors (Lipinski definition) is 3. The molecule has 0 radical (unpaired) electrons. The SMILES string of the molecule is COC1(C)CN(c2cccc(Cl)c2C(C)=O)C1. The first-order chi connectivity index (χ1) is 7.97. The van der Waals surface area contributed by atoms with E-state index in [1.165, 1.54) is 0 Å². The Kier molecular flexibility index (Phi) is 3.15. The molecule has 0 unspecified atom stereocenters. The van der Waals surface area contributed by atoms with Crippen LogP contribution < -0.4 is 4.90 Å². The van der Waals surface area contributed by atoms with E-state index in [-0.39, 0.29) is 11.4 Å². The van der Waals surface area contributed by atoms with Gasteiger partial charge in [-0.3, -0.25) is 4.79 Å². The molecule has 0 saturated carbocycles. The van der Waals surface area contributed by atoms with E-state index in [1.54, 1.807) is 20.1 Å². The largest absolute Gasteiger partial charge is 0.375 e. The number of ether oxygens (including phenoxy) is 1. The maximum absolute atomic E-state index is 11.6. The molecule has 2 rings (SSSR count). The quantitative estimate of drug-likeness (QED) is 0.776. The van der Waals surface area contributed by atoms with Gasteiger partial charge in [0.2, 0.25) is 0 Å². The van der Waals surface area contributed by atoms with Crippen LogP contribution in [-0.2, 0) is 4.74 Å². The second kappa shape index (κ2) is 4.31. The van der Waals surface area contributed by atoms with Crippen LogP contribution in [0.3, 0.4) is 0 Å². The number of benzene rings is 1. The Labute approximate surface area is 106 Å². The molecule has 17 heavy (non-hydrogen) atoms. The lowest BCUT2D eigenvalue weighted by molar-refractivity contribution is -0.0168. The third-order valence-electron chi connectivity index (χ3n) is 3.23. The van der Waals surface area contributed by atoms with Crippen LogP contribution in [0.2, 0.25) is 5.02 Å². The molecule has 3 nitrogen and oxygen atoms in total. The normalized spacial score (nSPS) is 17.8. The maximum Gasteiger partial charge on any atom is 0.163 e. The molecule has 1 aliphatic rings. The molecule has 1 heterocycles. The Morgan fingerprint density at radius 2 is 2.12 bits per heavy atom. The number of hydrogen-bond donors (Lipinski definition) is 0. The van der Waals surface area contributed by atoms with Gasteiger partial charge in [0.25, 0.3) is 0 Å². The van der Waals surface area contributed by atoms with Gasteiger partial charge in [0.15, 0.2) is 5.78 Å². The smallest absolute Gasteiger partial charge is 0.163 e. The van der Waals surface area contributed by atoms with Gasteiger partial charge in [-0.15, -0.1) is 0 Å². The Hall–Kier alpha value is -1.06. The number of Topliss-reactive ketones (excluding diaryl/α,β-unsaturated/α-hetero) is 1. The van der Waals surface area contributed by atoms with Crippen molar-refractivity contribution in [2.24, 2.45) is 0 Å². The van der Waals surface area contributed by atoms with Gasteiger partial charge >= 0.3 is 0 Å².